The van der Waals surface area contributed by atoms with E-state index in [1.165, 1.54) is 11.3 Å². The minimum atomic E-state index is -0.602. The summed E-state index contributed by atoms with van der Waals surface area (Å²) in [5.41, 5.74) is 16.1. The van der Waals surface area contributed by atoms with Crippen molar-refractivity contribution in [3.05, 3.63) is 39.9 Å². The third kappa shape index (κ3) is 2.31. The van der Waals surface area contributed by atoms with Gasteiger partial charge >= 0.3 is 0 Å². The number of carbonyl (C=O) groups excluding carboxylic acids is 1. The summed E-state index contributed by atoms with van der Waals surface area (Å²) >= 11 is 1.48. The van der Waals surface area contributed by atoms with Crippen molar-refractivity contribution < 1.29 is 9.90 Å². The molecule has 118 valence electrons. The number of aromatic nitrogens is 1. The molecule has 0 saturated carbocycles. The van der Waals surface area contributed by atoms with E-state index in [9.17, 15) is 9.90 Å². The molecule has 23 heavy (non-hydrogen) atoms. The second-order valence-electron chi connectivity index (χ2n) is 5.56. The van der Waals surface area contributed by atoms with Crippen molar-refractivity contribution in [3.8, 4) is 16.9 Å². The number of nitrogen functional groups attached to an aromatic ring is 1. The Kier molecular flexibility index (Phi) is 3.49. The molecule has 0 aliphatic carbocycles. The summed E-state index contributed by atoms with van der Waals surface area (Å²) < 4.78 is 0.850. The van der Waals surface area contributed by atoms with Crippen molar-refractivity contribution in [1.29, 1.82) is 0 Å². The van der Waals surface area contributed by atoms with E-state index in [0.29, 0.717) is 22.3 Å². The Morgan fingerprint density at radius 1 is 1.26 bits per heavy atom. The number of fused-ring (bicyclic) bond motifs is 1. The van der Waals surface area contributed by atoms with Crippen LogP contribution in [0.1, 0.15) is 26.5 Å². The minimum absolute atomic E-state index is 0.186. The van der Waals surface area contributed by atoms with E-state index in [1.807, 2.05) is 32.9 Å². The van der Waals surface area contributed by atoms with Crippen LogP contribution in [-0.2, 0) is 0 Å². The van der Waals surface area contributed by atoms with Gasteiger partial charge in [0.1, 0.15) is 5.75 Å². The number of nitrogens with zero attached hydrogens (tertiary/aromatic N) is 1. The molecule has 2 aromatic carbocycles. The first-order valence-corrected chi connectivity index (χ1v) is 7.92. The normalized spacial score (nSPS) is 11.1. The summed E-state index contributed by atoms with van der Waals surface area (Å²) in [6.45, 7) is 5.63. The number of carbonyl (C=O) groups is 1. The van der Waals surface area contributed by atoms with Crippen LogP contribution in [-0.4, -0.2) is 16.0 Å². The highest BCUT2D eigenvalue weighted by Gasteiger charge is 2.21. The Hall–Kier alpha value is -2.60. The Morgan fingerprint density at radius 3 is 2.61 bits per heavy atom. The Labute approximate surface area is 137 Å². The van der Waals surface area contributed by atoms with Crippen LogP contribution in [0.3, 0.4) is 0 Å². The maximum absolute atomic E-state index is 11.9. The number of primary amides is 1. The number of aromatic hydroxyl groups is 1. The number of hydrogen-bond acceptors (Lipinski definition) is 5. The number of phenols is 1. The zero-order valence-electron chi connectivity index (χ0n) is 13.1. The van der Waals surface area contributed by atoms with Crippen LogP contribution in [0.25, 0.3) is 21.3 Å². The molecular weight excluding hydrogens is 310 g/mol. The number of rotatable bonds is 2. The number of hydrogen-bond donors (Lipinski definition) is 3. The highest BCUT2D eigenvalue weighted by molar-refractivity contribution is 7.18. The van der Waals surface area contributed by atoms with Gasteiger partial charge in [0.15, 0.2) is 0 Å². The molecule has 0 atom stereocenters. The SMILES string of the molecule is Cc1nc2c(C(N)=O)c(N)c(-c3c(C)ccc(O)c3C)cc2s1. The predicted octanol–water partition coefficient (Wildman–Crippen LogP) is 3.28. The lowest BCUT2D eigenvalue weighted by Crippen LogP contribution is -2.15. The zero-order valence-corrected chi connectivity index (χ0v) is 13.9. The smallest absolute Gasteiger partial charge is 0.253 e. The standard InChI is InChI=1S/C17H17N3O2S/c1-7-4-5-11(21)8(2)13(7)10-6-12-16(20-9(3)23-12)14(15(10)18)17(19)22/h4-6,21H,18H2,1-3H3,(H2,19,22). The molecule has 1 heterocycles. The second kappa shape index (κ2) is 5.24. The van der Waals surface area contributed by atoms with Gasteiger partial charge < -0.3 is 16.6 Å². The van der Waals surface area contributed by atoms with Crippen LogP contribution in [0.4, 0.5) is 5.69 Å². The summed E-state index contributed by atoms with van der Waals surface area (Å²) in [5.74, 6) is -0.415. The maximum Gasteiger partial charge on any atom is 0.253 e. The average molecular weight is 327 g/mol. The van der Waals surface area contributed by atoms with Gasteiger partial charge in [-0.05, 0) is 49.6 Å². The predicted molar refractivity (Wildman–Crippen MR) is 93.9 cm³/mol. The van der Waals surface area contributed by atoms with Crippen molar-refractivity contribution in [2.24, 2.45) is 5.73 Å². The molecule has 5 N–H and O–H groups in total. The highest BCUT2D eigenvalue weighted by Crippen LogP contribution is 2.41. The molecule has 0 radical (unpaired) electrons. The van der Waals surface area contributed by atoms with Crippen molar-refractivity contribution in [2.75, 3.05) is 5.73 Å². The molecule has 0 aliphatic heterocycles. The molecule has 0 unspecified atom stereocenters. The quantitative estimate of drug-likeness (QED) is 0.628. The topological polar surface area (TPSA) is 102 Å². The Bertz CT molecular complexity index is 960. The van der Waals surface area contributed by atoms with Crippen LogP contribution in [0.2, 0.25) is 0 Å². The monoisotopic (exact) mass is 327 g/mol. The molecule has 0 fully saturated rings. The third-order valence-electron chi connectivity index (χ3n) is 3.99. The lowest BCUT2D eigenvalue weighted by molar-refractivity contribution is 0.100. The number of nitrogens with two attached hydrogens (primary N) is 2. The number of aryl methyl sites for hydroxylation is 2. The first kappa shape index (κ1) is 15.3. The van der Waals surface area contributed by atoms with E-state index < -0.39 is 5.91 Å². The van der Waals surface area contributed by atoms with Crippen molar-refractivity contribution >= 4 is 33.1 Å². The van der Waals surface area contributed by atoms with Crippen LogP contribution in [0, 0.1) is 20.8 Å². The molecule has 0 spiro atoms. The van der Waals surface area contributed by atoms with Gasteiger partial charge in [-0.2, -0.15) is 0 Å². The number of thiazole rings is 1. The fourth-order valence-electron chi connectivity index (χ4n) is 2.90. The molecule has 5 nitrogen and oxygen atoms in total. The van der Waals surface area contributed by atoms with Gasteiger partial charge in [-0.15, -0.1) is 11.3 Å². The number of anilines is 1. The van der Waals surface area contributed by atoms with E-state index in [-0.39, 0.29) is 11.3 Å². The average Bonchev–Trinajstić information content (AvgIpc) is 2.83. The highest BCUT2D eigenvalue weighted by atomic mass is 32.1. The number of phenolic OH excluding ortho intramolecular Hbond substituents is 1. The lowest BCUT2D eigenvalue weighted by atomic mass is 9.92. The molecule has 3 rings (SSSR count). The fourth-order valence-corrected chi connectivity index (χ4v) is 3.77. The van der Waals surface area contributed by atoms with Crippen molar-refractivity contribution in [1.82, 2.24) is 4.98 Å². The van der Waals surface area contributed by atoms with E-state index in [2.05, 4.69) is 4.98 Å². The van der Waals surface area contributed by atoms with Crippen molar-refractivity contribution in [2.45, 2.75) is 20.8 Å². The lowest BCUT2D eigenvalue weighted by Gasteiger charge is -2.16. The van der Waals surface area contributed by atoms with E-state index >= 15 is 0 Å². The summed E-state index contributed by atoms with van der Waals surface area (Å²) in [5, 5.41) is 10.9. The van der Waals surface area contributed by atoms with Gasteiger partial charge in [-0.25, -0.2) is 4.98 Å². The first-order valence-electron chi connectivity index (χ1n) is 7.10. The number of amides is 1. The first-order chi connectivity index (χ1) is 10.8. The van der Waals surface area contributed by atoms with Gasteiger partial charge in [0.25, 0.3) is 5.91 Å². The summed E-state index contributed by atoms with van der Waals surface area (Å²) in [7, 11) is 0. The Morgan fingerprint density at radius 2 is 1.96 bits per heavy atom. The minimum Gasteiger partial charge on any atom is -0.508 e. The zero-order chi connectivity index (χ0) is 16.9. The van der Waals surface area contributed by atoms with Gasteiger partial charge in [0.2, 0.25) is 0 Å². The van der Waals surface area contributed by atoms with E-state index in [1.54, 1.807) is 6.07 Å². The van der Waals surface area contributed by atoms with Crippen LogP contribution >= 0.6 is 11.3 Å². The number of benzene rings is 2. The molecule has 0 saturated heterocycles. The van der Waals surface area contributed by atoms with Crippen LogP contribution < -0.4 is 11.5 Å². The van der Waals surface area contributed by atoms with Crippen LogP contribution in [0.15, 0.2) is 18.2 Å². The second-order valence-corrected chi connectivity index (χ2v) is 6.79. The largest absolute Gasteiger partial charge is 0.508 e. The molecule has 3 aromatic rings. The van der Waals surface area contributed by atoms with Gasteiger partial charge in [-0.1, -0.05) is 6.07 Å². The molecule has 1 amide bonds. The summed E-state index contributed by atoms with van der Waals surface area (Å²) in [6.07, 6.45) is 0. The van der Waals surface area contributed by atoms with Gasteiger partial charge in [-0.3, -0.25) is 4.79 Å². The fraction of sp³-hybridized carbons (Fsp3) is 0.176. The van der Waals surface area contributed by atoms with Crippen LogP contribution in [0.5, 0.6) is 5.75 Å². The molecule has 0 aliphatic rings. The molecule has 1 aromatic heterocycles. The third-order valence-corrected chi connectivity index (χ3v) is 4.91. The van der Waals surface area contributed by atoms with Crippen molar-refractivity contribution in [3.63, 3.8) is 0 Å². The molecular formula is C17H17N3O2S. The molecule has 6 heteroatoms. The Balaban J connectivity index is 2.46. The maximum atomic E-state index is 11.9. The van der Waals surface area contributed by atoms with E-state index in [0.717, 1.165) is 20.8 Å². The van der Waals surface area contributed by atoms with Gasteiger partial charge in [0.05, 0.1) is 26.5 Å². The molecule has 0 bridgehead atoms. The van der Waals surface area contributed by atoms with Gasteiger partial charge in [0, 0.05) is 5.56 Å². The summed E-state index contributed by atoms with van der Waals surface area (Å²) in [4.78, 5) is 16.3. The van der Waals surface area contributed by atoms with E-state index in [4.69, 9.17) is 11.5 Å². The summed E-state index contributed by atoms with van der Waals surface area (Å²) in [6, 6.07) is 5.38.